The van der Waals surface area contributed by atoms with E-state index in [0.717, 1.165) is 29.4 Å². The van der Waals surface area contributed by atoms with Crippen molar-refractivity contribution in [3.63, 3.8) is 0 Å². The van der Waals surface area contributed by atoms with E-state index < -0.39 is 0 Å². The van der Waals surface area contributed by atoms with Gasteiger partial charge in [0.1, 0.15) is 0 Å². The largest absolute Gasteiger partial charge is 0.308 e. The third kappa shape index (κ3) is 4.54. The molecule has 0 amide bonds. The van der Waals surface area contributed by atoms with Crippen molar-refractivity contribution in [1.82, 2.24) is 15.1 Å². The molecular formula is C15H20ClN3S. The topological polar surface area (TPSA) is 29.9 Å². The van der Waals surface area contributed by atoms with E-state index >= 15 is 0 Å². The normalized spacial score (nSPS) is 12.6. The van der Waals surface area contributed by atoms with E-state index in [9.17, 15) is 0 Å². The van der Waals surface area contributed by atoms with Crippen molar-refractivity contribution < 1.29 is 0 Å². The molecule has 0 saturated carbocycles. The van der Waals surface area contributed by atoms with Crippen LogP contribution in [0.1, 0.15) is 25.1 Å². The van der Waals surface area contributed by atoms with E-state index in [-0.39, 0.29) is 6.04 Å². The second-order valence-electron chi connectivity index (χ2n) is 4.69. The number of benzene rings is 1. The summed E-state index contributed by atoms with van der Waals surface area (Å²) in [5.74, 6) is 0.957. The molecule has 0 aliphatic rings. The summed E-state index contributed by atoms with van der Waals surface area (Å²) in [6.45, 7) is 3.18. The van der Waals surface area contributed by atoms with Gasteiger partial charge in [-0.2, -0.15) is 5.10 Å². The van der Waals surface area contributed by atoms with Crippen LogP contribution in [0.5, 0.6) is 0 Å². The van der Waals surface area contributed by atoms with Gasteiger partial charge in [-0.1, -0.05) is 18.5 Å². The van der Waals surface area contributed by atoms with Crippen molar-refractivity contribution in [3.05, 3.63) is 47.2 Å². The number of aryl methyl sites for hydroxylation is 1. The summed E-state index contributed by atoms with van der Waals surface area (Å²) in [4.78, 5) is 1.23. The Morgan fingerprint density at radius 2 is 2.05 bits per heavy atom. The highest BCUT2D eigenvalue weighted by Gasteiger charge is 2.13. The van der Waals surface area contributed by atoms with Crippen molar-refractivity contribution in [1.29, 1.82) is 0 Å². The fraction of sp³-hybridized carbons (Fsp3) is 0.400. The minimum Gasteiger partial charge on any atom is -0.308 e. The van der Waals surface area contributed by atoms with Gasteiger partial charge in [-0.25, -0.2) is 0 Å². The van der Waals surface area contributed by atoms with Gasteiger partial charge in [-0.3, -0.25) is 4.68 Å². The van der Waals surface area contributed by atoms with Gasteiger partial charge < -0.3 is 5.32 Å². The Morgan fingerprint density at radius 1 is 1.30 bits per heavy atom. The summed E-state index contributed by atoms with van der Waals surface area (Å²) in [6.07, 6.45) is 3.11. The maximum atomic E-state index is 5.91. The Balaban J connectivity index is 1.98. The Kier molecular flexibility index (Phi) is 5.95. The number of aromatic nitrogens is 2. The van der Waals surface area contributed by atoms with Gasteiger partial charge in [0.25, 0.3) is 0 Å². The lowest BCUT2D eigenvalue weighted by molar-refractivity contribution is 0.555. The fourth-order valence-corrected chi connectivity index (χ4v) is 3.00. The second-order valence-corrected chi connectivity index (χ2v) is 6.22. The van der Waals surface area contributed by atoms with Gasteiger partial charge in [0.05, 0.1) is 11.7 Å². The molecule has 2 rings (SSSR count). The molecule has 1 N–H and O–H groups in total. The first-order chi connectivity index (χ1) is 9.69. The monoisotopic (exact) mass is 309 g/mol. The zero-order valence-electron chi connectivity index (χ0n) is 11.8. The third-order valence-corrected chi connectivity index (χ3v) is 4.32. The van der Waals surface area contributed by atoms with Gasteiger partial charge in [-0.15, -0.1) is 11.8 Å². The van der Waals surface area contributed by atoms with Crippen LogP contribution in [-0.4, -0.2) is 22.1 Å². The predicted molar refractivity (Wildman–Crippen MR) is 86.4 cm³/mol. The van der Waals surface area contributed by atoms with Gasteiger partial charge in [0.2, 0.25) is 0 Å². The molecule has 20 heavy (non-hydrogen) atoms. The molecule has 0 aliphatic carbocycles. The van der Waals surface area contributed by atoms with Crippen LogP contribution in [0, 0.1) is 0 Å². The highest BCUT2D eigenvalue weighted by molar-refractivity contribution is 7.99. The average molecular weight is 310 g/mol. The molecule has 0 aliphatic heterocycles. The Labute approximate surface area is 129 Å². The summed E-state index contributed by atoms with van der Waals surface area (Å²) in [5, 5.41) is 8.85. The standard InChI is InChI=1S/C15H20ClN3S/c1-3-9-17-15(14-8-10-19(2)18-14)11-20-13-6-4-12(16)5-7-13/h4-8,10,15,17H,3,9,11H2,1-2H3. The number of hydrogen-bond acceptors (Lipinski definition) is 3. The zero-order chi connectivity index (χ0) is 14.4. The van der Waals surface area contributed by atoms with Crippen LogP contribution in [0.3, 0.4) is 0 Å². The highest BCUT2D eigenvalue weighted by Crippen LogP contribution is 2.25. The number of nitrogens with one attached hydrogen (secondary N) is 1. The molecule has 1 heterocycles. The van der Waals surface area contributed by atoms with Crippen LogP contribution in [0.15, 0.2) is 41.4 Å². The van der Waals surface area contributed by atoms with Crippen molar-refractivity contribution in [2.24, 2.45) is 7.05 Å². The fourth-order valence-electron chi connectivity index (χ4n) is 1.90. The van der Waals surface area contributed by atoms with Gasteiger partial charge in [-0.05, 0) is 43.3 Å². The van der Waals surface area contributed by atoms with Gasteiger partial charge in [0.15, 0.2) is 0 Å². The number of halogens is 1. The van der Waals surface area contributed by atoms with Crippen molar-refractivity contribution in [2.75, 3.05) is 12.3 Å². The third-order valence-electron chi connectivity index (χ3n) is 2.96. The van der Waals surface area contributed by atoms with Crippen LogP contribution in [0.4, 0.5) is 0 Å². The van der Waals surface area contributed by atoms with E-state index in [1.165, 1.54) is 4.90 Å². The molecule has 0 spiro atoms. The first-order valence-electron chi connectivity index (χ1n) is 6.80. The molecule has 0 fully saturated rings. The quantitative estimate of drug-likeness (QED) is 0.787. The molecule has 1 unspecified atom stereocenters. The summed E-state index contributed by atoms with van der Waals surface area (Å²) in [6, 6.07) is 10.3. The van der Waals surface area contributed by atoms with E-state index in [2.05, 4.69) is 35.5 Å². The number of nitrogens with zero attached hydrogens (tertiary/aromatic N) is 2. The molecule has 1 atom stereocenters. The summed E-state index contributed by atoms with van der Waals surface area (Å²) >= 11 is 7.73. The van der Waals surface area contributed by atoms with Crippen molar-refractivity contribution in [2.45, 2.75) is 24.3 Å². The molecule has 108 valence electrons. The van der Waals surface area contributed by atoms with Crippen LogP contribution in [-0.2, 0) is 7.05 Å². The van der Waals surface area contributed by atoms with Gasteiger partial charge >= 0.3 is 0 Å². The second kappa shape index (κ2) is 7.72. The van der Waals surface area contributed by atoms with Crippen molar-refractivity contribution in [3.8, 4) is 0 Å². The molecule has 0 bridgehead atoms. The zero-order valence-corrected chi connectivity index (χ0v) is 13.4. The average Bonchev–Trinajstić information content (AvgIpc) is 2.87. The summed E-state index contributed by atoms with van der Waals surface area (Å²) in [5.41, 5.74) is 1.10. The number of rotatable bonds is 7. The predicted octanol–water partition coefficient (Wildman–Crippen LogP) is 3.91. The lowest BCUT2D eigenvalue weighted by Crippen LogP contribution is -2.24. The van der Waals surface area contributed by atoms with Crippen LogP contribution in [0.2, 0.25) is 5.02 Å². The van der Waals surface area contributed by atoms with Crippen LogP contribution in [0.25, 0.3) is 0 Å². The van der Waals surface area contributed by atoms with E-state index in [1.54, 1.807) is 0 Å². The maximum absolute atomic E-state index is 5.91. The lowest BCUT2D eigenvalue weighted by Gasteiger charge is -2.16. The highest BCUT2D eigenvalue weighted by atomic mass is 35.5. The van der Waals surface area contributed by atoms with Crippen LogP contribution >= 0.6 is 23.4 Å². The molecular weight excluding hydrogens is 290 g/mol. The number of thioether (sulfide) groups is 1. The molecule has 0 radical (unpaired) electrons. The minimum absolute atomic E-state index is 0.275. The Bertz CT molecular complexity index is 524. The molecule has 3 nitrogen and oxygen atoms in total. The minimum atomic E-state index is 0.275. The summed E-state index contributed by atoms with van der Waals surface area (Å²) < 4.78 is 1.85. The maximum Gasteiger partial charge on any atom is 0.0802 e. The Morgan fingerprint density at radius 3 is 2.65 bits per heavy atom. The lowest BCUT2D eigenvalue weighted by atomic mass is 10.2. The van der Waals surface area contributed by atoms with E-state index in [1.807, 2.05) is 41.8 Å². The number of hydrogen-bond donors (Lipinski definition) is 1. The Hall–Kier alpha value is -0.970. The first kappa shape index (κ1) is 15.4. The first-order valence-corrected chi connectivity index (χ1v) is 8.16. The van der Waals surface area contributed by atoms with Crippen LogP contribution < -0.4 is 5.32 Å². The van der Waals surface area contributed by atoms with E-state index in [4.69, 9.17) is 11.6 Å². The summed E-state index contributed by atoms with van der Waals surface area (Å²) in [7, 11) is 1.95. The van der Waals surface area contributed by atoms with E-state index in [0.29, 0.717) is 0 Å². The molecule has 0 saturated heterocycles. The van der Waals surface area contributed by atoms with Crippen molar-refractivity contribution >= 4 is 23.4 Å². The smallest absolute Gasteiger partial charge is 0.0802 e. The van der Waals surface area contributed by atoms with Gasteiger partial charge in [0, 0.05) is 28.9 Å². The molecule has 1 aromatic carbocycles. The molecule has 2 aromatic rings. The molecule has 5 heteroatoms. The molecule has 1 aromatic heterocycles. The SMILES string of the molecule is CCCNC(CSc1ccc(Cl)cc1)c1ccn(C)n1.